The van der Waals surface area contributed by atoms with Crippen LogP contribution in [0.25, 0.3) is 0 Å². The van der Waals surface area contributed by atoms with Gasteiger partial charge in [-0.1, -0.05) is 62.4 Å². The summed E-state index contributed by atoms with van der Waals surface area (Å²) in [6, 6.07) is 16.9. The molecule has 2 aromatic rings. The van der Waals surface area contributed by atoms with Crippen LogP contribution in [0.4, 0.5) is 0 Å². The average molecular weight is 254 g/mol. The fourth-order valence-electron chi connectivity index (χ4n) is 2.55. The minimum absolute atomic E-state index is 0.0683. The second-order valence-corrected chi connectivity index (χ2v) is 5.39. The molecule has 0 radical (unpaired) electrons. The zero-order valence-corrected chi connectivity index (χ0v) is 11.7. The predicted molar refractivity (Wildman–Crippen MR) is 80.8 cm³/mol. The molecule has 0 unspecified atom stereocenters. The molecule has 0 amide bonds. The van der Waals surface area contributed by atoms with Gasteiger partial charge in [0.15, 0.2) is 0 Å². The molecule has 4 N–H and O–H groups in total. The number of hydrogen-bond acceptors (Lipinski definition) is 2. The Hall–Kier alpha value is -1.64. The van der Waals surface area contributed by atoms with Crippen LogP contribution in [0, 0.1) is 0 Å². The zero-order chi connectivity index (χ0) is 13.9. The molecule has 0 aliphatic rings. The van der Waals surface area contributed by atoms with Gasteiger partial charge < -0.3 is 11.5 Å². The average Bonchev–Trinajstić information content (AvgIpc) is 2.47. The summed E-state index contributed by atoms with van der Waals surface area (Å²) in [4.78, 5) is 0. The zero-order valence-electron chi connectivity index (χ0n) is 11.7. The van der Waals surface area contributed by atoms with Gasteiger partial charge in [0.2, 0.25) is 0 Å². The first kappa shape index (κ1) is 13.8. The quantitative estimate of drug-likeness (QED) is 0.881. The molecule has 2 heteroatoms. The lowest BCUT2D eigenvalue weighted by molar-refractivity contribution is 0.630. The smallest absolute Gasteiger partial charge is 0.0181 e. The third-order valence-electron chi connectivity index (χ3n) is 3.79. The van der Waals surface area contributed by atoms with E-state index in [1.807, 2.05) is 6.07 Å². The summed E-state index contributed by atoms with van der Waals surface area (Å²) < 4.78 is 0. The van der Waals surface area contributed by atoms with Gasteiger partial charge >= 0.3 is 0 Å². The van der Waals surface area contributed by atoms with Gasteiger partial charge in [-0.05, 0) is 22.3 Å². The number of hydrogen-bond donors (Lipinski definition) is 2. The molecule has 0 spiro atoms. The van der Waals surface area contributed by atoms with Crippen molar-refractivity contribution in [2.24, 2.45) is 11.5 Å². The molecular weight excluding hydrogens is 232 g/mol. The Morgan fingerprint density at radius 3 is 2.32 bits per heavy atom. The van der Waals surface area contributed by atoms with E-state index in [9.17, 15) is 0 Å². The molecule has 2 nitrogen and oxygen atoms in total. The standard InChI is InChI=1S/C17H22N2/c1-17(2,15-8-5-6-13(10-15)11-18)16-9-4-3-7-14(16)12-19/h3-10H,11-12,18-19H2,1-2H3. The molecule has 0 saturated carbocycles. The monoisotopic (exact) mass is 254 g/mol. The summed E-state index contributed by atoms with van der Waals surface area (Å²) in [7, 11) is 0. The Labute approximate surface area is 115 Å². The molecule has 0 fully saturated rings. The maximum absolute atomic E-state index is 5.86. The van der Waals surface area contributed by atoms with E-state index < -0.39 is 0 Å². The largest absolute Gasteiger partial charge is 0.326 e. The van der Waals surface area contributed by atoms with E-state index in [4.69, 9.17) is 11.5 Å². The molecule has 2 aromatic carbocycles. The summed E-state index contributed by atoms with van der Waals surface area (Å²) >= 11 is 0. The van der Waals surface area contributed by atoms with Gasteiger partial charge in [0.25, 0.3) is 0 Å². The molecule has 0 bridgehead atoms. The van der Waals surface area contributed by atoms with Crippen LogP contribution in [0.5, 0.6) is 0 Å². The Morgan fingerprint density at radius 1 is 0.895 bits per heavy atom. The maximum atomic E-state index is 5.86. The second-order valence-electron chi connectivity index (χ2n) is 5.39. The molecule has 0 saturated heterocycles. The van der Waals surface area contributed by atoms with Gasteiger partial charge in [-0.15, -0.1) is 0 Å². The van der Waals surface area contributed by atoms with Crippen LogP contribution < -0.4 is 11.5 Å². The molecule has 0 aliphatic heterocycles. The van der Waals surface area contributed by atoms with Crippen molar-refractivity contribution in [2.45, 2.75) is 32.4 Å². The molecule has 0 aromatic heterocycles. The van der Waals surface area contributed by atoms with Gasteiger partial charge in [-0.2, -0.15) is 0 Å². The van der Waals surface area contributed by atoms with Crippen LogP contribution >= 0.6 is 0 Å². The van der Waals surface area contributed by atoms with Crippen LogP contribution in [0.1, 0.15) is 36.1 Å². The van der Waals surface area contributed by atoms with E-state index in [1.54, 1.807) is 0 Å². The van der Waals surface area contributed by atoms with Crippen molar-refractivity contribution in [3.8, 4) is 0 Å². The van der Waals surface area contributed by atoms with E-state index in [0.29, 0.717) is 13.1 Å². The van der Waals surface area contributed by atoms with E-state index >= 15 is 0 Å². The highest BCUT2D eigenvalue weighted by molar-refractivity contribution is 5.43. The van der Waals surface area contributed by atoms with E-state index in [0.717, 1.165) is 5.56 Å². The lowest BCUT2D eigenvalue weighted by Crippen LogP contribution is -2.22. The predicted octanol–water partition coefficient (Wildman–Crippen LogP) is 2.93. The van der Waals surface area contributed by atoms with Gasteiger partial charge in [0.05, 0.1) is 0 Å². The van der Waals surface area contributed by atoms with Crippen molar-refractivity contribution >= 4 is 0 Å². The number of nitrogens with two attached hydrogens (primary N) is 2. The van der Waals surface area contributed by atoms with Crippen LogP contribution in [0.2, 0.25) is 0 Å². The Morgan fingerprint density at radius 2 is 1.63 bits per heavy atom. The number of rotatable bonds is 4. The Kier molecular flexibility index (Phi) is 4.03. The molecule has 100 valence electrons. The van der Waals surface area contributed by atoms with Crippen LogP contribution in [-0.4, -0.2) is 0 Å². The van der Waals surface area contributed by atoms with Gasteiger partial charge in [-0.25, -0.2) is 0 Å². The van der Waals surface area contributed by atoms with Crippen LogP contribution in [0.15, 0.2) is 48.5 Å². The fourth-order valence-corrected chi connectivity index (χ4v) is 2.55. The lowest BCUT2D eigenvalue weighted by atomic mass is 9.75. The first-order valence-electron chi connectivity index (χ1n) is 6.67. The van der Waals surface area contributed by atoms with Crippen molar-refractivity contribution < 1.29 is 0 Å². The summed E-state index contributed by atoms with van der Waals surface area (Å²) in [6.07, 6.45) is 0. The first-order chi connectivity index (χ1) is 9.09. The summed E-state index contributed by atoms with van der Waals surface area (Å²) in [5.74, 6) is 0. The maximum Gasteiger partial charge on any atom is 0.0181 e. The summed E-state index contributed by atoms with van der Waals surface area (Å²) in [5, 5.41) is 0. The van der Waals surface area contributed by atoms with E-state index in [2.05, 4.69) is 56.3 Å². The summed E-state index contributed by atoms with van der Waals surface area (Å²) in [5.41, 5.74) is 16.5. The van der Waals surface area contributed by atoms with Gasteiger partial charge in [0, 0.05) is 18.5 Å². The van der Waals surface area contributed by atoms with E-state index in [-0.39, 0.29) is 5.41 Å². The van der Waals surface area contributed by atoms with Crippen molar-refractivity contribution in [2.75, 3.05) is 0 Å². The van der Waals surface area contributed by atoms with Crippen molar-refractivity contribution in [1.82, 2.24) is 0 Å². The molecule has 2 rings (SSSR count). The van der Waals surface area contributed by atoms with Gasteiger partial charge in [-0.3, -0.25) is 0 Å². The molecule has 19 heavy (non-hydrogen) atoms. The topological polar surface area (TPSA) is 52.0 Å². The highest BCUT2D eigenvalue weighted by atomic mass is 14.5. The normalized spacial score (nSPS) is 11.6. The molecular formula is C17H22N2. The van der Waals surface area contributed by atoms with Crippen molar-refractivity contribution in [3.63, 3.8) is 0 Å². The van der Waals surface area contributed by atoms with Crippen molar-refractivity contribution in [1.29, 1.82) is 0 Å². The third kappa shape index (κ3) is 2.70. The Bertz CT molecular complexity index is 559. The van der Waals surface area contributed by atoms with E-state index in [1.165, 1.54) is 16.7 Å². The molecule has 0 heterocycles. The van der Waals surface area contributed by atoms with Crippen molar-refractivity contribution in [3.05, 3.63) is 70.8 Å². The first-order valence-corrected chi connectivity index (χ1v) is 6.67. The number of benzene rings is 2. The van der Waals surface area contributed by atoms with Crippen LogP contribution in [0.3, 0.4) is 0 Å². The molecule has 0 aliphatic carbocycles. The van der Waals surface area contributed by atoms with Crippen LogP contribution in [-0.2, 0) is 18.5 Å². The minimum Gasteiger partial charge on any atom is -0.326 e. The highest BCUT2D eigenvalue weighted by Crippen LogP contribution is 2.33. The third-order valence-corrected chi connectivity index (χ3v) is 3.79. The Balaban J connectivity index is 2.51. The highest BCUT2D eigenvalue weighted by Gasteiger charge is 2.25. The van der Waals surface area contributed by atoms with Gasteiger partial charge in [0.1, 0.15) is 0 Å². The minimum atomic E-state index is -0.0683. The SMILES string of the molecule is CC(C)(c1cccc(CN)c1)c1ccccc1CN. The summed E-state index contributed by atoms with van der Waals surface area (Å²) in [6.45, 7) is 5.60. The second kappa shape index (κ2) is 5.55. The molecule has 0 atom stereocenters. The fraction of sp³-hybridized carbons (Fsp3) is 0.294. The lowest BCUT2D eigenvalue weighted by Gasteiger charge is -2.29.